The standard InChI is InChI=1S/C17H24O6S/c1-13-6-8-15(9-7-13)24(19,20)23-16(12-21-14(2)18)17(3)10-4-5-11-22-17/h6-9,16H,4-5,10-12H2,1-3H3/t16-,17+/m0/s1. The van der Waals surface area contributed by atoms with Crippen LogP contribution in [-0.2, 0) is 28.6 Å². The van der Waals surface area contributed by atoms with E-state index in [-0.39, 0.29) is 11.5 Å². The van der Waals surface area contributed by atoms with Gasteiger partial charge in [0.15, 0.2) is 0 Å². The number of hydrogen-bond acceptors (Lipinski definition) is 6. The summed E-state index contributed by atoms with van der Waals surface area (Å²) in [5.41, 5.74) is 0.138. The zero-order valence-corrected chi connectivity index (χ0v) is 15.1. The first-order valence-corrected chi connectivity index (χ1v) is 9.41. The van der Waals surface area contributed by atoms with Crippen LogP contribution < -0.4 is 0 Å². The van der Waals surface area contributed by atoms with Crippen molar-refractivity contribution in [3.8, 4) is 0 Å². The van der Waals surface area contributed by atoms with Crippen LogP contribution in [-0.4, -0.2) is 39.3 Å². The van der Waals surface area contributed by atoms with Crippen LogP contribution in [0.4, 0.5) is 0 Å². The summed E-state index contributed by atoms with van der Waals surface area (Å²) in [4.78, 5) is 11.2. The second-order valence-electron chi connectivity index (χ2n) is 6.27. The maximum atomic E-state index is 12.6. The quantitative estimate of drug-likeness (QED) is 0.576. The average molecular weight is 356 g/mol. The Morgan fingerprint density at radius 2 is 1.96 bits per heavy atom. The Balaban J connectivity index is 2.22. The molecule has 0 saturated carbocycles. The molecule has 1 aliphatic rings. The highest BCUT2D eigenvalue weighted by Gasteiger charge is 2.41. The predicted molar refractivity (Wildman–Crippen MR) is 88.1 cm³/mol. The van der Waals surface area contributed by atoms with Crippen LogP contribution in [0.3, 0.4) is 0 Å². The largest absolute Gasteiger partial charge is 0.463 e. The summed E-state index contributed by atoms with van der Waals surface area (Å²) in [6.45, 7) is 5.30. The van der Waals surface area contributed by atoms with E-state index in [0.29, 0.717) is 13.0 Å². The molecular formula is C17H24O6S. The average Bonchev–Trinajstić information content (AvgIpc) is 2.52. The molecule has 0 radical (unpaired) electrons. The van der Waals surface area contributed by atoms with Gasteiger partial charge >= 0.3 is 5.97 Å². The lowest BCUT2D eigenvalue weighted by atomic mass is 9.90. The minimum absolute atomic E-state index is 0.0698. The molecule has 7 heteroatoms. The van der Waals surface area contributed by atoms with Crippen LogP contribution in [0, 0.1) is 6.92 Å². The van der Waals surface area contributed by atoms with E-state index in [4.69, 9.17) is 13.7 Å². The van der Waals surface area contributed by atoms with Crippen molar-refractivity contribution in [2.45, 2.75) is 56.6 Å². The van der Waals surface area contributed by atoms with Crippen molar-refractivity contribution < 1.29 is 26.9 Å². The third-order valence-electron chi connectivity index (χ3n) is 4.17. The molecule has 1 aromatic rings. The minimum atomic E-state index is -3.98. The summed E-state index contributed by atoms with van der Waals surface area (Å²) in [5.74, 6) is -0.490. The Bertz CT molecular complexity index is 659. The zero-order chi connectivity index (χ0) is 17.8. The molecule has 0 unspecified atom stereocenters. The lowest BCUT2D eigenvalue weighted by Crippen LogP contribution is -2.49. The highest BCUT2D eigenvalue weighted by atomic mass is 32.2. The molecule has 1 heterocycles. The van der Waals surface area contributed by atoms with E-state index in [9.17, 15) is 13.2 Å². The van der Waals surface area contributed by atoms with Gasteiger partial charge in [-0.25, -0.2) is 0 Å². The van der Waals surface area contributed by atoms with Crippen LogP contribution >= 0.6 is 0 Å². The van der Waals surface area contributed by atoms with Crippen LogP contribution in [0.15, 0.2) is 29.2 Å². The van der Waals surface area contributed by atoms with Crippen molar-refractivity contribution in [3.63, 3.8) is 0 Å². The number of carbonyl (C=O) groups excluding carboxylic acids is 1. The van der Waals surface area contributed by atoms with Crippen LogP contribution in [0.1, 0.15) is 38.7 Å². The SMILES string of the molecule is CC(=O)OC[C@H](OS(=O)(=O)c1ccc(C)cc1)[C@@]1(C)CCCCO1. The van der Waals surface area contributed by atoms with Gasteiger partial charge in [-0.15, -0.1) is 0 Å². The van der Waals surface area contributed by atoms with Crippen molar-refractivity contribution in [2.24, 2.45) is 0 Å². The van der Waals surface area contributed by atoms with E-state index in [2.05, 4.69) is 0 Å². The minimum Gasteiger partial charge on any atom is -0.463 e. The predicted octanol–water partition coefficient (Wildman–Crippen LogP) is 2.59. The monoisotopic (exact) mass is 356 g/mol. The first kappa shape index (κ1) is 18.9. The summed E-state index contributed by atoms with van der Waals surface area (Å²) < 4.78 is 41.4. The second kappa shape index (κ2) is 7.63. The first-order chi connectivity index (χ1) is 11.2. The normalized spacial score (nSPS) is 22.8. The topological polar surface area (TPSA) is 78.9 Å². The number of aryl methyl sites for hydroxylation is 1. The van der Waals surface area contributed by atoms with Gasteiger partial charge in [-0.05, 0) is 45.2 Å². The van der Waals surface area contributed by atoms with E-state index < -0.39 is 27.8 Å². The Morgan fingerprint density at radius 1 is 1.29 bits per heavy atom. The third kappa shape index (κ3) is 4.78. The number of benzene rings is 1. The smallest absolute Gasteiger partial charge is 0.302 e. The lowest BCUT2D eigenvalue weighted by molar-refractivity contribution is -0.160. The van der Waals surface area contributed by atoms with Crippen LogP contribution in [0.2, 0.25) is 0 Å². The highest BCUT2D eigenvalue weighted by molar-refractivity contribution is 7.86. The molecule has 2 rings (SSSR count). The van der Waals surface area contributed by atoms with E-state index in [0.717, 1.165) is 18.4 Å². The highest BCUT2D eigenvalue weighted by Crippen LogP contribution is 2.32. The lowest BCUT2D eigenvalue weighted by Gasteiger charge is -2.39. The Labute approximate surface area is 143 Å². The third-order valence-corrected chi connectivity index (χ3v) is 5.51. The fraction of sp³-hybridized carbons (Fsp3) is 0.588. The maximum Gasteiger partial charge on any atom is 0.302 e. The second-order valence-corrected chi connectivity index (χ2v) is 7.84. The van der Waals surface area contributed by atoms with E-state index in [1.54, 1.807) is 19.1 Å². The number of ether oxygens (including phenoxy) is 2. The van der Waals surface area contributed by atoms with E-state index >= 15 is 0 Å². The summed E-state index contributed by atoms with van der Waals surface area (Å²) in [6, 6.07) is 6.40. The summed E-state index contributed by atoms with van der Waals surface area (Å²) >= 11 is 0. The number of esters is 1. The number of carbonyl (C=O) groups is 1. The van der Waals surface area contributed by atoms with Gasteiger partial charge < -0.3 is 9.47 Å². The Hall–Kier alpha value is -1.44. The van der Waals surface area contributed by atoms with Crippen molar-refractivity contribution >= 4 is 16.1 Å². The number of rotatable bonds is 6. The number of hydrogen-bond donors (Lipinski definition) is 0. The molecular weight excluding hydrogens is 332 g/mol. The van der Waals surface area contributed by atoms with E-state index in [1.807, 2.05) is 6.92 Å². The molecule has 6 nitrogen and oxygen atoms in total. The van der Waals surface area contributed by atoms with Crippen molar-refractivity contribution in [2.75, 3.05) is 13.2 Å². The van der Waals surface area contributed by atoms with Gasteiger partial charge in [-0.1, -0.05) is 17.7 Å². The fourth-order valence-electron chi connectivity index (χ4n) is 2.62. The summed E-state index contributed by atoms with van der Waals surface area (Å²) in [6.07, 6.45) is 1.57. The summed E-state index contributed by atoms with van der Waals surface area (Å²) in [7, 11) is -3.98. The van der Waals surface area contributed by atoms with Gasteiger partial charge in [0.05, 0.1) is 10.5 Å². The molecule has 1 saturated heterocycles. The maximum absolute atomic E-state index is 12.6. The van der Waals surface area contributed by atoms with Crippen molar-refractivity contribution in [1.29, 1.82) is 0 Å². The molecule has 134 valence electrons. The zero-order valence-electron chi connectivity index (χ0n) is 14.3. The van der Waals surface area contributed by atoms with Crippen molar-refractivity contribution in [1.82, 2.24) is 0 Å². The molecule has 1 aromatic carbocycles. The van der Waals surface area contributed by atoms with Gasteiger partial charge in [0.1, 0.15) is 12.7 Å². The molecule has 24 heavy (non-hydrogen) atoms. The molecule has 0 aliphatic carbocycles. The van der Waals surface area contributed by atoms with Gasteiger partial charge in [0.25, 0.3) is 10.1 Å². The van der Waals surface area contributed by atoms with Crippen LogP contribution in [0.25, 0.3) is 0 Å². The van der Waals surface area contributed by atoms with Gasteiger partial charge in [0, 0.05) is 13.5 Å². The molecule has 1 aliphatic heterocycles. The molecule has 2 atom stereocenters. The molecule has 0 spiro atoms. The van der Waals surface area contributed by atoms with Crippen LogP contribution in [0.5, 0.6) is 0 Å². The van der Waals surface area contributed by atoms with Crippen molar-refractivity contribution in [3.05, 3.63) is 29.8 Å². The van der Waals surface area contributed by atoms with Gasteiger partial charge in [-0.3, -0.25) is 8.98 Å². The summed E-state index contributed by atoms with van der Waals surface area (Å²) in [5, 5.41) is 0. The molecule has 0 N–H and O–H groups in total. The van der Waals surface area contributed by atoms with E-state index in [1.165, 1.54) is 19.1 Å². The Kier molecular flexibility index (Phi) is 6.01. The molecule has 1 fully saturated rings. The molecule has 0 amide bonds. The molecule has 0 bridgehead atoms. The van der Waals surface area contributed by atoms with Gasteiger partial charge in [0.2, 0.25) is 0 Å². The first-order valence-electron chi connectivity index (χ1n) is 8.00. The molecule has 0 aromatic heterocycles. The van der Waals surface area contributed by atoms with Gasteiger partial charge in [-0.2, -0.15) is 8.42 Å². The fourth-order valence-corrected chi connectivity index (χ4v) is 3.77. The Morgan fingerprint density at radius 3 is 2.50 bits per heavy atom.